The Balaban J connectivity index is 1.95. The van der Waals surface area contributed by atoms with Crippen LogP contribution in [0, 0.1) is 6.92 Å². The number of para-hydroxylation sites is 3. The number of aliphatic hydroxyl groups excluding tert-OH is 1. The van der Waals surface area contributed by atoms with Crippen LogP contribution < -0.4 is 9.47 Å². The van der Waals surface area contributed by atoms with Crippen LogP contribution >= 0.6 is 0 Å². The minimum absolute atomic E-state index is 0.225. The zero-order chi connectivity index (χ0) is 25.0. The summed E-state index contributed by atoms with van der Waals surface area (Å²) in [7, 11) is 3.28. The van der Waals surface area contributed by atoms with E-state index in [0.29, 0.717) is 50.2 Å². The molecule has 35 heavy (non-hydrogen) atoms. The highest BCUT2D eigenvalue weighted by atomic mass is 16.5. The summed E-state index contributed by atoms with van der Waals surface area (Å²) in [5, 5.41) is 15.3. The number of benzene rings is 2. The number of hydrogen-bond donors (Lipinski definition) is 1. The Hall–Kier alpha value is -3.17. The van der Waals surface area contributed by atoms with Crippen molar-refractivity contribution in [2.45, 2.75) is 19.6 Å². The van der Waals surface area contributed by atoms with Gasteiger partial charge in [-0.05, 0) is 31.2 Å². The molecule has 2 aromatic carbocycles. The lowest BCUT2D eigenvalue weighted by Crippen LogP contribution is -2.36. The fourth-order valence-electron chi connectivity index (χ4n) is 3.69. The summed E-state index contributed by atoms with van der Waals surface area (Å²) < 4.78 is 24.5. The van der Waals surface area contributed by atoms with Crippen LogP contribution in [0.1, 0.15) is 11.3 Å². The Kier molecular flexibility index (Phi) is 10.3. The Morgan fingerprint density at radius 1 is 1.09 bits per heavy atom. The van der Waals surface area contributed by atoms with E-state index >= 15 is 0 Å². The molecular weight excluding hydrogens is 446 g/mol. The largest absolute Gasteiger partial charge is 0.493 e. The molecule has 0 spiro atoms. The van der Waals surface area contributed by atoms with E-state index < -0.39 is 6.10 Å². The fraction of sp³-hybridized carbons (Fsp3) is 0.370. The van der Waals surface area contributed by atoms with Crippen molar-refractivity contribution in [1.82, 2.24) is 14.7 Å². The monoisotopic (exact) mass is 481 g/mol. The van der Waals surface area contributed by atoms with Crippen molar-refractivity contribution < 1.29 is 24.1 Å². The molecule has 1 unspecified atom stereocenters. The van der Waals surface area contributed by atoms with Crippen LogP contribution in [0.5, 0.6) is 17.4 Å². The Morgan fingerprint density at radius 2 is 1.80 bits per heavy atom. The molecule has 0 aliphatic heterocycles. The summed E-state index contributed by atoms with van der Waals surface area (Å²) in [6.07, 6.45) is 1.01. The topological polar surface area (TPSA) is 78.2 Å². The lowest BCUT2D eigenvalue weighted by molar-refractivity contribution is 0.0192. The number of methoxy groups -OCH3 is 2. The van der Waals surface area contributed by atoms with E-state index in [-0.39, 0.29) is 6.61 Å². The van der Waals surface area contributed by atoms with Crippen molar-refractivity contribution in [2.75, 3.05) is 47.1 Å². The average Bonchev–Trinajstić information content (AvgIpc) is 3.18. The molecule has 3 aromatic rings. The smallest absolute Gasteiger partial charge is 0.227 e. The van der Waals surface area contributed by atoms with Gasteiger partial charge in [-0.1, -0.05) is 36.4 Å². The van der Waals surface area contributed by atoms with E-state index in [2.05, 4.69) is 11.5 Å². The van der Waals surface area contributed by atoms with Gasteiger partial charge in [0.05, 0.1) is 50.0 Å². The standard InChI is InChI=1S/C27H35N3O5/c1-5-16-34-20-23(31)18-29(15-17-32-3)19-24-21(2)28-30(22-11-7-6-8-12-22)27(24)35-26-14-10-9-13-25(26)33-4/h5-14,23,31H,1,15-20H2,2-4H3. The first-order valence-electron chi connectivity index (χ1n) is 11.6. The Bertz CT molecular complexity index is 1050. The van der Waals surface area contributed by atoms with E-state index in [9.17, 15) is 5.11 Å². The minimum atomic E-state index is -0.658. The third kappa shape index (κ3) is 7.40. The summed E-state index contributed by atoms with van der Waals surface area (Å²) in [5.74, 6) is 1.82. The molecule has 8 heteroatoms. The van der Waals surface area contributed by atoms with Crippen LogP contribution in [0.4, 0.5) is 0 Å². The third-order valence-electron chi connectivity index (χ3n) is 5.42. The highest BCUT2D eigenvalue weighted by Crippen LogP contribution is 2.36. The van der Waals surface area contributed by atoms with Gasteiger partial charge in [0.2, 0.25) is 5.88 Å². The van der Waals surface area contributed by atoms with E-state index in [1.165, 1.54) is 0 Å². The lowest BCUT2D eigenvalue weighted by atomic mass is 10.2. The molecule has 0 saturated carbocycles. The molecule has 3 rings (SSSR count). The minimum Gasteiger partial charge on any atom is -0.493 e. The van der Waals surface area contributed by atoms with Gasteiger partial charge in [0.15, 0.2) is 11.5 Å². The van der Waals surface area contributed by atoms with E-state index in [0.717, 1.165) is 16.9 Å². The van der Waals surface area contributed by atoms with Crippen molar-refractivity contribution >= 4 is 0 Å². The Morgan fingerprint density at radius 3 is 2.49 bits per heavy atom. The predicted octanol–water partition coefficient (Wildman–Crippen LogP) is 3.99. The highest BCUT2D eigenvalue weighted by Gasteiger charge is 2.23. The van der Waals surface area contributed by atoms with Gasteiger partial charge in [0.1, 0.15) is 0 Å². The molecule has 0 radical (unpaired) electrons. The number of nitrogens with zero attached hydrogens (tertiary/aromatic N) is 3. The quantitative estimate of drug-likeness (QED) is 0.260. The summed E-state index contributed by atoms with van der Waals surface area (Å²) in [5.41, 5.74) is 2.63. The average molecular weight is 482 g/mol. The van der Waals surface area contributed by atoms with Gasteiger partial charge in [-0.3, -0.25) is 4.90 Å². The van der Waals surface area contributed by atoms with Gasteiger partial charge in [-0.25, -0.2) is 4.68 Å². The molecule has 0 fully saturated rings. The van der Waals surface area contributed by atoms with Gasteiger partial charge < -0.3 is 24.1 Å². The van der Waals surface area contributed by atoms with Crippen molar-refractivity contribution in [3.8, 4) is 23.1 Å². The number of aromatic nitrogens is 2. The summed E-state index contributed by atoms with van der Waals surface area (Å²) >= 11 is 0. The number of rotatable bonds is 15. The fourth-order valence-corrected chi connectivity index (χ4v) is 3.69. The maximum atomic E-state index is 10.5. The van der Waals surface area contributed by atoms with Gasteiger partial charge in [-0.2, -0.15) is 5.10 Å². The van der Waals surface area contributed by atoms with Crippen LogP contribution in [0.25, 0.3) is 5.69 Å². The SMILES string of the molecule is C=CCOCC(O)CN(CCOC)Cc1c(C)nn(-c2ccccc2)c1Oc1ccccc1OC. The van der Waals surface area contributed by atoms with Crippen LogP contribution in [-0.4, -0.2) is 73.0 Å². The molecule has 0 saturated heterocycles. The second kappa shape index (κ2) is 13.7. The molecule has 188 valence electrons. The second-order valence-corrected chi connectivity index (χ2v) is 8.08. The normalized spacial score (nSPS) is 12.0. The van der Waals surface area contributed by atoms with Gasteiger partial charge >= 0.3 is 0 Å². The summed E-state index contributed by atoms with van der Waals surface area (Å²) in [6.45, 7) is 8.28. The first-order chi connectivity index (χ1) is 17.1. The number of hydrogen-bond acceptors (Lipinski definition) is 7. The van der Waals surface area contributed by atoms with Crippen molar-refractivity contribution in [1.29, 1.82) is 0 Å². The Labute approximate surface area is 207 Å². The first-order valence-corrected chi connectivity index (χ1v) is 11.6. The number of aliphatic hydroxyl groups is 1. The van der Waals surface area contributed by atoms with Crippen LogP contribution in [-0.2, 0) is 16.0 Å². The molecule has 8 nitrogen and oxygen atoms in total. The van der Waals surface area contributed by atoms with Crippen molar-refractivity contribution in [2.24, 2.45) is 0 Å². The van der Waals surface area contributed by atoms with Crippen LogP contribution in [0.15, 0.2) is 67.3 Å². The predicted molar refractivity (Wildman–Crippen MR) is 136 cm³/mol. The van der Waals surface area contributed by atoms with Gasteiger partial charge in [0.25, 0.3) is 0 Å². The third-order valence-corrected chi connectivity index (χ3v) is 5.42. The first kappa shape index (κ1) is 26.4. The van der Waals surface area contributed by atoms with E-state index in [1.807, 2.05) is 61.5 Å². The molecule has 1 atom stereocenters. The maximum absolute atomic E-state index is 10.5. The van der Waals surface area contributed by atoms with E-state index in [4.69, 9.17) is 24.0 Å². The second-order valence-electron chi connectivity index (χ2n) is 8.08. The molecule has 1 heterocycles. The van der Waals surface area contributed by atoms with Gasteiger partial charge in [0, 0.05) is 26.7 Å². The molecule has 0 amide bonds. The van der Waals surface area contributed by atoms with Gasteiger partial charge in [-0.15, -0.1) is 6.58 Å². The molecule has 1 N–H and O–H groups in total. The zero-order valence-corrected chi connectivity index (χ0v) is 20.7. The van der Waals surface area contributed by atoms with Crippen molar-refractivity contribution in [3.63, 3.8) is 0 Å². The highest BCUT2D eigenvalue weighted by molar-refractivity contribution is 5.47. The molecule has 1 aromatic heterocycles. The molecule has 0 bridgehead atoms. The maximum Gasteiger partial charge on any atom is 0.227 e. The summed E-state index contributed by atoms with van der Waals surface area (Å²) in [6, 6.07) is 17.4. The molecule has 0 aliphatic rings. The van der Waals surface area contributed by atoms with Crippen molar-refractivity contribution in [3.05, 3.63) is 78.5 Å². The van der Waals surface area contributed by atoms with E-state index in [1.54, 1.807) is 25.0 Å². The zero-order valence-electron chi connectivity index (χ0n) is 20.7. The molecular formula is C27H35N3O5. The van der Waals surface area contributed by atoms with Crippen LogP contribution in [0.3, 0.4) is 0 Å². The summed E-state index contributed by atoms with van der Waals surface area (Å²) in [4.78, 5) is 2.11. The van der Waals surface area contributed by atoms with Crippen LogP contribution in [0.2, 0.25) is 0 Å². The lowest BCUT2D eigenvalue weighted by Gasteiger charge is -2.25. The number of ether oxygens (including phenoxy) is 4. The molecule has 0 aliphatic carbocycles. The number of aryl methyl sites for hydroxylation is 1.